The van der Waals surface area contributed by atoms with Crippen LogP contribution < -0.4 is 5.32 Å². The first-order chi connectivity index (χ1) is 9.08. The lowest BCUT2D eigenvalue weighted by atomic mass is 10.1. The molecule has 0 spiro atoms. The lowest BCUT2D eigenvalue weighted by Crippen LogP contribution is -2.23. The van der Waals surface area contributed by atoms with Crippen LogP contribution >= 0.6 is 0 Å². The molecule has 0 saturated carbocycles. The van der Waals surface area contributed by atoms with Gasteiger partial charge in [-0.2, -0.15) is 0 Å². The summed E-state index contributed by atoms with van der Waals surface area (Å²) in [5.41, 5.74) is 1.46. The number of oxazole rings is 1. The summed E-state index contributed by atoms with van der Waals surface area (Å²) in [7, 11) is 0. The fourth-order valence-corrected chi connectivity index (χ4v) is 1.70. The monoisotopic (exact) mass is 262 g/mol. The molecule has 0 fully saturated rings. The third-order valence-corrected chi connectivity index (χ3v) is 2.71. The summed E-state index contributed by atoms with van der Waals surface area (Å²) in [6, 6.07) is 5.96. The van der Waals surface area contributed by atoms with Crippen LogP contribution in [0.1, 0.15) is 41.6 Å². The van der Waals surface area contributed by atoms with Crippen LogP contribution in [0.5, 0.6) is 0 Å². The molecule has 0 radical (unpaired) electrons. The number of hydrogen-bond acceptors (Lipinski definition) is 3. The molecular weight excluding hydrogens is 247 g/mol. The predicted molar refractivity (Wildman–Crippen MR) is 68.2 cm³/mol. The van der Waals surface area contributed by atoms with E-state index in [1.807, 2.05) is 13.8 Å². The van der Waals surface area contributed by atoms with E-state index in [1.54, 1.807) is 12.1 Å². The highest BCUT2D eigenvalue weighted by molar-refractivity contribution is 5.92. The average molecular weight is 262 g/mol. The molecule has 1 N–H and O–H groups in total. The molecule has 1 aromatic heterocycles. The number of rotatable bonds is 4. The molecule has 1 aromatic carbocycles. The van der Waals surface area contributed by atoms with E-state index in [4.69, 9.17) is 4.42 Å². The van der Waals surface area contributed by atoms with Gasteiger partial charge in [-0.3, -0.25) is 4.79 Å². The van der Waals surface area contributed by atoms with Crippen molar-refractivity contribution in [2.45, 2.75) is 26.3 Å². The van der Waals surface area contributed by atoms with Gasteiger partial charge in [0, 0.05) is 6.54 Å². The van der Waals surface area contributed by atoms with Crippen LogP contribution in [0.25, 0.3) is 0 Å². The van der Waals surface area contributed by atoms with Crippen molar-refractivity contribution in [3.63, 3.8) is 0 Å². The number of benzene rings is 1. The number of nitrogens with zero attached hydrogens (tertiary/aromatic N) is 1. The van der Waals surface area contributed by atoms with Gasteiger partial charge in [0.05, 0.1) is 5.69 Å². The molecule has 0 unspecified atom stereocenters. The van der Waals surface area contributed by atoms with Gasteiger partial charge in [0.1, 0.15) is 5.82 Å². The van der Waals surface area contributed by atoms with Gasteiger partial charge in [0.25, 0.3) is 5.91 Å². The highest BCUT2D eigenvalue weighted by Crippen LogP contribution is 2.17. The topological polar surface area (TPSA) is 55.1 Å². The van der Waals surface area contributed by atoms with E-state index < -0.39 is 0 Å². The average Bonchev–Trinajstić information content (AvgIpc) is 2.87. The van der Waals surface area contributed by atoms with Crippen molar-refractivity contribution in [2.24, 2.45) is 0 Å². The van der Waals surface area contributed by atoms with Crippen molar-refractivity contribution >= 4 is 5.91 Å². The number of halogens is 1. The van der Waals surface area contributed by atoms with Gasteiger partial charge in [-0.1, -0.05) is 26.0 Å². The van der Waals surface area contributed by atoms with E-state index >= 15 is 0 Å². The van der Waals surface area contributed by atoms with E-state index in [0.717, 1.165) is 5.56 Å². The summed E-state index contributed by atoms with van der Waals surface area (Å²) >= 11 is 0. The van der Waals surface area contributed by atoms with Gasteiger partial charge >= 0.3 is 0 Å². The van der Waals surface area contributed by atoms with E-state index in [1.165, 1.54) is 18.5 Å². The largest absolute Gasteiger partial charge is 0.438 e. The van der Waals surface area contributed by atoms with Crippen molar-refractivity contribution < 1.29 is 13.6 Å². The third kappa shape index (κ3) is 3.19. The molecule has 1 heterocycles. The molecule has 0 saturated heterocycles. The first-order valence-corrected chi connectivity index (χ1v) is 6.04. The molecule has 0 atom stereocenters. The lowest BCUT2D eigenvalue weighted by Gasteiger charge is -2.06. The van der Waals surface area contributed by atoms with Crippen LogP contribution in [0.3, 0.4) is 0 Å². The second-order valence-corrected chi connectivity index (χ2v) is 4.53. The number of carbonyl (C=O) groups excluding carboxylic acids is 1. The Labute approximate surface area is 110 Å². The zero-order chi connectivity index (χ0) is 13.8. The van der Waals surface area contributed by atoms with E-state index in [0.29, 0.717) is 12.2 Å². The standard InChI is InChI=1S/C14H15FN2O2/c1-9(2)12-13(19-8-17-12)14(18)16-7-10-3-5-11(15)6-4-10/h3-6,8-9H,7H2,1-2H3,(H,16,18). The molecule has 5 heteroatoms. The molecular formula is C14H15FN2O2. The van der Waals surface area contributed by atoms with Crippen LogP contribution in [0.15, 0.2) is 35.1 Å². The number of amides is 1. The van der Waals surface area contributed by atoms with Crippen molar-refractivity contribution in [1.29, 1.82) is 0 Å². The number of nitrogens with one attached hydrogen (secondary N) is 1. The van der Waals surface area contributed by atoms with Gasteiger partial charge in [-0.25, -0.2) is 9.37 Å². The molecule has 19 heavy (non-hydrogen) atoms. The van der Waals surface area contributed by atoms with Gasteiger partial charge in [0.15, 0.2) is 6.39 Å². The highest BCUT2D eigenvalue weighted by Gasteiger charge is 2.18. The minimum Gasteiger partial charge on any atom is -0.438 e. The van der Waals surface area contributed by atoms with Crippen molar-refractivity contribution in [1.82, 2.24) is 10.3 Å². The maximum Gasteiger partial charge on any atom is 0.289 e. The quantitative estimate of drug-likeness (QED) is 0.921. The van der Waals surface area contributed by atoms with Crippen LogP contribution in [0, 0.1) is 5.82 Å². The Hall–Kier alpha value is -2.17. The predicted octanol–water partition coefficient (Wildman–Crippen LogP) is 2.87. The van der Waals surface area contributed by atoms with Gasteiger partial charge in [-0.15, -0.1) is 0 Å². The van der Waals surface area contributed by atoms with Crippen LogP contribution in [-0.4, -0.2) is 10.9 Å². The van der Waals surface area contributed by atoms with Crippen LogP contribution in [0.4, 0.5) is 4.39 Å². The first-order valence-electron chi connectivity index (χ1n) is 6.04. The summed E-state index contributed by atoms with van der Waals surface area (Å²) in [5, 5.41) is 2.72. The molecule has 0 aliphatic heterocycles. The fourth-order valence-electron chi connectivity index (χ4n) is 1.70. The summed E-state index contributed by atoms with van der Waals surface area (Å²) in [6.07, 6.45) is 1.27. The summed E-state index contributed by atoms with van der Waals surface area (Å²) in [6.45, 7) is 4.20. The molecule has 0 bridgehead atoms. The Kier molecular flexibility index (Phi) is 3.94. The number of hydrogen-bond donors (Lipinski definition) is 1. The zero-order valence-electron chi connectivity index (χ0n) is 10.8. The summed E-state index contributed by atoms with van der Waals surface area (Å²) < 4.78 is 17.9. The summed E-state index contributed by atoms with van der Waals surface area (Å²) in [5.74, 6) is -0.264. The van der Waals surface area contributed by atoms with E-state index in [2.05, 4.69) is 10.3 Å². The number of aromatic nitrogens is 1. The van der Waals surface area contributed by atoms with Crippen molar-refractivity contribution in [3.8, 4) is 0 Å². The number of carbonyl (C=O) groups is 1. The van der Waals surface area contributed by atoms with Gasteiger partial charge in [0.2, 0.25) is 5.76 Å². The lowest BCUT2D eigenvalue weighted by molar-refractivity contribution is 0.0921. The zero-order valence-corrected chi connectivity index (χ0v) is 10.8. The minimum atomic E-state index is -0.314. The van der Waals surface area contributed by atoms with Gasteiger partial charge < -0.3 is 9.73 Å². The fraction of sp³-hybridized carbons (Fsp3) is 0.286. The molecule has 1 amide bonds. The maximum atomic E-state index is 12.7. The highest BCUT2D eigenvalue weighted by atomic mass is 19.1. The van der Waals surface area contributed by atoms with Crippen LogP contribution in [0.2, 0.25) is 0 Å². The second kappa shape index (κ2) is 5.65. The van der Waals surface area contributed by atoms with E-state index in [-0.39, 0.29) is 23.4 Å². The smallest absolute Gasteiger partial charge is 0.289 e. The molecule has 0 aliphatic carbocycles. The molecule has 2 aromatic rings. The Morgan fingerprint density at radius 1 is 1.37 bits per heavy atom. The van der Waals surface area contributed by atoms with E-state index in [9.17, 15) is 9.18 Å². The second-order valence-electron chi connectivity index (χ2n) is 4.53. The minimum absolute atomic E-state index is 0.116. The van der Waals surface area contributed by atoms with Crippen molar-refractivity contribution in [2.75, 3.05) is 0 Å². The molecule has 0 aliphatic rings. The first kappa shape index (κ1) is 13.3. The molecule has 4 nitrogen and oxygen atoms in total. The Morgan fingerprint density at radius 2 is 2.05 bits per heavy atom. The molecule has 2 rings (SSSR count). The maximum absolute atomic E-state index is 12.7. The Balaban J connectivity index is 2.01. The van der Waals surface area contributed by atoms with Gasteiger partial charge in [-0.05, 0) is 23.6 Å². The Morgan fingerprint density at radius 3 is 2.68 bits per heavy atom. The van der Waals surface area contributed by atoms with Crippen LogP contribution in [-0.2, 0) is 6.54 Å². The molecule has 100 valence electrons. The SMILES string of the molecule is CC(C)c1ncoc1C(=O)NCc1ccc(F)cc1. The Bertz CT molecular complexity index is 561. The summed E-state index contributed by atoms with van der Waals surface area (Å²) in [4.78, 5) is 16.0. The third-order valence-electron chi connectivity index (χ3n) is 2.71. The normalized spacial score (nSPS) is 10.7. The van der Waals surface area contributed by atoms with Crippen molar-refractivity contribution in [3.05, 3.63) is 53.5 Å².